The Balaban J connectivity index is 0.000000187. The smallest absolute Gasteiger partial charge is 0.335 e. The molecule has 3 aromatic rings. The van der Waals surface area contributed by atoms with E-state index in [1.807, 2.05) is 36.4 Å². The van der Waals surface area contributed by atoms with Crippen LogP contribution < -0.4 is 5.56 Å². The summed E-state index contributed by atoms with van der Waals surface area (Å²) in [5.41, 5.74) is 1.46. The van der Waals surface area contributed by atoms with E-state index in [2.05, 4.69) is 0 Å². The molecule has 0 spiro atoms. The predicted octanol–water partition coefficient (Wildman–Crippen LogP) is 3.23. The van der Waals surface area contributed by atoms with E-state index in [1.54, 1.807) is 29.8 Å². The van der Waals surface area contributed by atoms with Crippen molar-refractivity contribution < 1.29 is 19.8 Å². The molecule has 0 fully saturated rings. The molecule has 2 N–H and O–H groups in total. The molecule has 0 aliphatic heterocycles. The number of hydrogen-bond acceptors (Lipinski definition) is 3. The molecular weight excluding hydrogens is 334 g/mol. The van der Waals surface area contributed by atoms with Gasteiger partial charge >= 0.3 is 11.9 Å². The van der Waals surface area contributed by atoms with Crippen LogP contribution in [0.4, 0.5) is 0 Å². The van der Waals surface area contributed by atoms with Crippen LogP contribution in [0, 0.1) is 6.92 Å². The number of aromatic nitrogens is 1. The van der Waals surface area contributed by atoms with Gasteiger partial charge in [0.2, 0.25) is 0 Å². The number of rotatable bonds is 3. The topological polar surface area (TPSA) is 96.6 Å². The van der Waals surface area contributed by atoms with Crippen LogP contribution in [0.25, 0.3) is 5.69 Å². The fourth-order valence-corrected chi connectivity index (χ4v) is 2.21. The molecule has 6 heteroatoms. The Morgan fingerprint density at radius 1 is 0.846 bits per heavy atom. The summed E-state index contributed by atoms with van der Waals surface area (Å²) < 4.78 is 1.61. The summed E-state index contributed by atoms with van der Waals surface area (Å²) in [7, 11) is 0. The van der Waals surface area contributed by atoms with Gasteiger partial charge in [0.1, 0.15) is 0 Å². The van der Waals surface area contributed by atoms with Crippen molar-refractivity contribution in [3.8, 4) is 5.69 Å². The van der Waals surface area contributed by atoms with Crippen LogP contribution in [0.5, 0.6) is 0 Å². The minimum atomic E-state index is -1.12. The monoisotopic (exact) mass is 351 g/mol. The number of carboxylic acid groups (broad SMARTS) is 2. The summed E-state index contributed by atoms with van der Waals surface area (Å²) in [6, 6.07) is 18.7. The summed E-state index contributed by atoms with van der Waals surface area (Å²) in [4.78, 5) is 32.5. The Labute approximate surface area is 149 Å². The van der Waals surface area contributed by atoms with Crippen LogP contribution in [-0.4, -0.2) is 26.7 Å². The summed E-state index contributed by atoms with van der Waals surface area (Å²) in [6.45, 7) is 1.62. The Morgan fingerprint density at radius 2 is 1.50 bits per heavy atom. The van der Waals surface area contributed by atoms with Gasteiger partial charge in [-0.1, -0.05) is 30.3 Å². The minimum absolute atomic E-state index is 0.00583. The SMILES string of the molecule is Cc1ccc(C(=O)O)cc1C(=O)O.O=c1ccccn1-c1ccccc1. The van der Waals surface area contributed by atoms with Crippen molar-refractivity contribution in [1.29, 1.82) is 0 Å². The second-order valence-corrected chi connectivity index (χ2v) is 5.38. The van der Waals surface area contributed by atoms with E-state index in [9.17, 15) is 14.4 Å². The number of para-hydroxylation sites is 1. The molecule has 2 aromatic carbocycles. The van der Waals surface area contributed by atoms with Crippen LogP contribution in [0.15, 0.2) is 77.7 Å². The van der Waals surface area contributed by atoms with Crippen LogP contribution in [0.1, 0.15) is 26.3 Å². The van der Waals surface area contributed by atoms with Crippen molar-refractivity contribution >= 4 is 11.9 Å². The van der Waals surface area contributed by atoms with Gasteiger partial charge in [0, 0.05) is 18.0 Å². The zero-order valence-electron chi connectivity index (χ0n) is 14.0. The predicted molar refractivity (Wildman–Crippen MR) is 97.1 cm³/mol. The molecule has 0 saturated carbocycles. The van der Waals surface area contributed by atoms with Gasteiger partial charge in [-0.3, -0.25) is 9.36 Å². The average Bonchev–Trinajstić information content (AvgIpc) is 2.63. The van der Waals surface area contributed by atoms with Gasteiger partial charge in [0.15, 0.2) is 0 Å². The van der Waals surface area contributed by atoms with Crippen LogP contribution in [0.2, 0.25) is 0 Å². The molecule has 132 valence electrons. The first-order valence-electron chi connectivity index (χ1n) is 7.70. The first kappa shape index (κ1) is 18.7. The molecule has 0 atom stereocenters. The number of hydrogen-bond donors (Lipinski definition) is 2. The molecule has 0 radical (unpaired) electrons. The first-order valence-corrected chi connectivity index (χ1v) is 7.70. The van der Waals surface area contributed by atoms with Crippen molar-refractivity contribution in [1.82, 2.24) is 4.57 Å². The third kappa shape index (κ3) is 4.67. The molecule has 26 heavy (non-hydrogen) atoms. The molecule has 0 aliphatic carbocycles. The van der Waals surface area contributed by atoms with Gasteiger partial charge in [0.25, 0.3) is 5.56 Å². The lowest BCUT2D eigenvalue weighted by Crippen LogP contribution is -2.15. The number of pyridine rings is 1. The van der Waals surface area contributed by atoms with E-state index >= 15 is 0 Å². The van der Waals surface area contributed by atoms with Crippen LogP contribution in [0.3, 0.4) is 0 Å². The summed E-state index contributed by atoms with van der Waals surface area (Å²) in [5, 5.41) is 17.3. The lowest BCUT2D eigenvalue weighted by Gasteiger charge is -2.02. The van der Waals surface area contributed by atoms with Crippen molar-refractivity contribution in [2.75, 3.05) is 0 Å². The number of benzene rings is 2. The molecule has 1 aromatic heterocycles. The van der Waals surface area contributed by atoms with Crippen molar-refractivity contribution in [3.05, 3.63) is 100.0 Å². The van der Waals surface area contributed by atoms with Crippen molar-refractivity contribution in [2.24, 2.45) is 0 Å². The lowest BCUT2D eigenvalue weighted by atomic mass is 10.1. The summed E-state index contributed by atoms with van der Waals surface area (Å²) in [5.74, 6) is -2.23. The highest BCUT2D eigenvalue weighted by Gasteiger charge is 2.10. The van der Waals surface area contributed by atoms with Gasteiger partial charge in [-0.2, -0.15) is 0 Å². The third-order valence-corrected chi connectivity index (χ3v) is 3.57. The zero-order valence-corrected chi connectivity index (χ0v) is 14.0. The van der Waals surface area contributed by atoms with Crippen LogP contribution in [-0.2, 0) is 0 Å². The lowest BCUT2D eigenvalue weighted by molar-refractivity contribution is 0.0695. The highest BCUT2D eigenvalue weighted by molar-refractivity contribution is 5.94. The number of nitrogens with zero attached hydrogens (tertiary/aromatic N) is 1. The Morgan fingerprint density at radius 3 is 2.08 bits per heavy atom. The van der Waals surface area contributed by atoms with Gasteiger partial charge in [-0.05, 0) is 42.8 Å². The van der Waals surface area contributed by atoms with Gasteiger partial charge < -0.3 is 10.2 Å². The standard InChI is InChI=1S/C11H9NO.C9H8O4/c13-11-8-4-5-9-12(11)10-6-2-1-3-7-10;1-5-2-3-6(8(10)11)4-7(5)9(12)13/h1-9H;2-4H,1H3,(H,10,11)(H,12,13). The molecule has 1 heterocycles. The molecule has 0 amide bonds. The normalized spacial score (nSPS) is 9.73. The van der Waals surface area contributed by atoms with E-state index in [0.717, 1.165) is 11.8 Å². The fourth-order valence-electron chi connectivity index (χ4n) is 2.21. The maximum atomic E-state index is 11.4. The highest BCUT2D eigenvalue weighted by Crippen LogP contribution is 2.11. The van der Waals surface area contributed by atoms with E-state index in [-0.39, 0.29) is 16.7 Å². The fraction of sp³-hybridized carbons (Fsp3) is 0.0500. The minimum Gasteiger partial charge on any atom is -0.478 e. The number of aryl methyl sites for hydroxylation is 1. The number of aromatic carboxylic acids is 2. The Hall–Kier alpha value is -3.67. The van der Waals surface area contributed by atoms with E-state index < -0.39 is 11.9 Å². The second kappa shape index (κ2) is 8.43. The van der Waals surface area contributed by atoms with Crippen molar-refractivity contribution in [3.63, 3.8) is 0 Å². The molecule has 3 rings (SSSR count). The van der Waals surface area contributed by atoms with E-state index in [4.69, 9.17) is 10.2 Å². The quantitative estimate of drug-likeness (QED) is 0.755. The molecule has 6 nitrogen and oxygen atoms in total. The average molecular weight is 351 g/mol. The summed E-state index contributed by atoms with van der Waals surface area (Å²) in [6.07, 6.45) is 1.76. The highest BCUT2D eigenvalue weighted by atomic mass is 16.4. The summed E-state index contributed by atoms with van der Waals surface area (Å²) >= 11 is 0. The van der Waals surface area contributed by atoms with Crippen LogP contribution >= 0.6 is 0 Å². The maximum Gasteiger partial charge on any atom is 0.335 e. The number of carboxylic acids is 2. The Bertz CT molecular complexity index is 977. The van der Waals surface area contributed by atoms with E-state index in [1.165, 1.54) is 12.1 Å². The second-order valence-electron chi connectivity index (χ2n) is 5.38. The Kier molecular flexibility index (Phi) is 6.06. The molecule has 0 bridgehead atoms. The third-order valence-electron chi connectivity index (χ3n) is 3.57. The molecular formula is C20H17NO5. The van der Waals surface area contributed by atoms with E-state index in [0.29, 0.717) is 5.56 Å². The molecule has 0 saturated heterocycles. The maximum absolute atomic E-state index is 11.4. The van der Waals surface area contributed by atoms with Gasteiger partial charge in [0.05, 0.1) is 11.1 Å². The first-order chi connectivity index (χ1) is 12.4. The van der Waals surface area contributed by atoms with Gasteiger partial charge in [-0.25, -0.2) is 9.59 Å². The largest absolute Gasteiger partial charge is 0.478 e. The van der Waals surface area contributed by atoms with Crippen molar-refractivity contribution in [2.45, 2.75) is 6.92 Å². The van der Waals surface area contributed by atoms with Gasteiger partial charge in [-0.15, -0.1) is 0 Å². The zero-order chi connectivity index (χ0) is 19.1. The number of carbonyl (C=O) groups is 2. The molecule has 0 unspecified atom stereocenters. The molecule has 0 aliphatic rings.